The number of aromatic nitrogens is 1. The number of hydrogen-bond acceptors (Lipinski definition) is 5. The summed E-state index contributed by atoms with van der Waals surface area (Å²) in [6, 6.07) is 1.81. The number of pyridine rings is 1. The Hall–Kier alpha value is -2.42. The summed E-state index contributed by atoms with van der Waals surface area (Å²) >= 11 is 0. The van der Waals surface area contributed by atoms with Crippen molar-refractivity contribution in [2.75, 3.05) is 7.11 Å². The molecule has 1 rings (SSSR count). The lowest BCUT2D eigenvalue weighted by atomic mass is 10.1. The van der Waals surface area contributed by atoms with E-state index < -0.39 is 4.92 Å². The normalized spacial score (nSPS) is 10.1. The molecule has 0 unspecified atom stereocenters. The van der Waals surface area contributed by atoms with Crippen LogP contribution in [0.2, 0.25) is 0 Å². The first-order chi connectivity index (χ1) is 7.61. The molecule has 0 amide bonds. The van der Waals surface area contributed by atoms with Crippen molar-refractivity contribution in [2.45, 2.75) is 6.92 Å². The molecule has 82 valence electrons. The Morgan fingerprint density at radius 2 is 2.38 bits per heavy atom. The first-order valence-corrected chi connectivity index (χ1v) is 4.36. The predicted octanol–water partition coefficient (Wildman–Crippen LogP) is 1.84. The van der Waals surface area contributed by atoms with Crippen molar-refractivity contribution in [3.63, 3.8) is 0 Å². The number of rotatable bonds is 3. The average molecular weight is 219 g/mol. The Kier molecular flexibility index (Phi) is 3.56. The van der Waals surface area contributed by atoms with E-state index in [-0.39, 0.29) is 11.6 Å². The third kappa shape index (κ3) is 2.15. The summed E-state index contributed by atoms with van der Waals surface area (Å²) in [4.78, 5) is 14.1. The summed E-state index contributed by atoms with van der Waals surface area (Å²) in [5.74, 6) is -0.0309. The second kappa shape index (κ2) is 4.89. The highest BCUT2D eigenvalue weighted by atomic mass is 16.6. The van der Waals surface area contributed by atoms with Gasteiger partial charge in [-0.2, -0.15) is 5.26 Å². The van der Waals surface area contributed by atoms with Crippen molar-refractivity contribution < 1.29 is 9.66 Å². The molecule has 6 heteroatoms. The topological polar surface area (TPSA) is 89.0 Å². The van der Waals surface area contributed by atoms with E-state index in [0.717, 1.165) is 0 Å². The third-order valence-corrected chi connectivity index (χ3v) is 2.03. The second-order valence-electron chi connectivity index (χ2n) is 2.92. The van der Waals surface area contributed by atoms with Crippen molar-refractivity contribution in [2.24, 2.45) is 0 Å². The fourth-order valence-electron chi connectivity index (χ4n) is 1.24. The van der Waals surface area contributed by atoms with Crippen LogP contribution in [0.25, 0.3) is 6.08 Å². The van der Waals surface area contributed by atoms with Gasteiger partial charge < -0.3 is 4.74 Å². The van der Waals surface area contributed by atoms with Crippen LogP contribution in [0.15, 0.2) is 12.3 Å². The molecule has 0 bridgehead atoms. The lowest BCUT2D eigenvalue weighted by Gasteiger charge is -2.05. The molecule has 0 saturated heterocycles. The maximum Gasteiger partial charge on any atom is 0.334 e. The van der Waals surface area contributed by atoms with E-state index in [9.17, 15) is 10.1 Å². The molecule has 16 heavy (non-hydrogen) atoms. The highest BCUT2D eigenvalue weighted by Gasteiger charge is 2.21. The van der Waals surface area contributed by atoms with Crippen LogP contribution in [0.3, 0.4) is 0 Å². The first-order valence-electron chi connectivity index (χ1n) is 4.36. The maximum absolute atomic E-state index is 10.8. The highest BCUT2D eigenvalue weighted by molar-refractivity contribution is 5.62. The molecule has 6 nitrogen and oxygen atoms in total. The van der Waals surface area contributed by atoms with Gasteiger partial charge in [-0.15, -0.1) is 0 Å². The number of nitriles is 1. The van der Waals surface area contributed by atoms with Crippen molar-refractivity contribution >= 4 is 11.8 Å². The van der Waals surface area contributed by atoms with Crippen molar-refractivity contribution in [3.8, 4) is 11.9 Å². The van der Waals surface area contributed by atoms with Crippen molar-refractivity contribution in [3.05, 3.63) is 33.5 Å². The highest BCUT2D eigenvalue weighted by Crippen LogP contribution is 2.30. The van der Waals surface area contributed by atoms with Crippen LogP contribution in [0.5, 0.6) is 5.88 Å². The number of ether oxygens (including phenoxy) is 1. The molecule has 0 aliphatic carbocycles. The van der Waals surface area contributed by atoms with Crippen molar-refractivity contribution in [1.29, 1.82) is 5.26 Å². The molecule has 0 N–H and O–H groups in total. The van der Waals surface area contributed by atoms with Crippen LogP contribution >= 0.6 is 0 Å². The second-order valence-corrected chi connectivity index (χ2v) is 2.92. The van der Waals surface area contributed by atoms with Gasteiger partial charge in [0.1, 0.15) is 0 Å². The van der Waals surface area contributed by atoms with Gasteiger partial charge in [-0.3, -0.25) is 10.1 Å². The number of methoxy groups -OCH3 is 1. The van der Waals surface area contributed by atoms with Gasteiger partial charge in [-0.05, 0) is 13.0 Å². The van der Waals surface area contributed by atoms with Crippen LogP contribution < -0.4 is 4.74 Å². The predicted molar refractivity (Wildman–Crippen MR) is 56.8 cm³/mol. The van der Waals surface area contributed by atoms with Gasteiger partial charge >= 0.3 is 5.69 Å². The summed E-state index contributed by atoms with van der Waals surface area (Å²) in [6.07, 6.45) is 4.13. The van der Waals surface area contributed by atoms with Crippen LogP contribution in [-0.4, -0.2) is 17.0 Å². The fraction of sp³-hybridized carbons (Fsp3) is 0.200. The van der Waals surface area contributed by atoms with E-state index in [1.807, 2.05) is 6.07 Å². The zero-order chi connectivity index (χ0) is 12.1. The standard InChI is InChI=1S/C10H9N3O3/c1-7-8(4-3-5-11)6-12-10(16-2)9(7)13(14)15/h3-4,6H,1-2H3. The van der Waals surface area contributed by atoms with Crippen LogP contribution in [0, 0.1) is 28.4 Å². The van der Waals surface area contributed by atoms with Gasteiger partial charge in [0.05, 0.1) is 18.1 Å². The SMILES string of the molecule is COc1ncc(C=CC#N)c(C)c1[N+](=O)[O-]. The first kappa shape index (κ1) is 11.7. The van der Waals surface area contributed by atoms with E-state index in [4.69, 9.17) is 10.00 Å². The molecule has 1 heterocycles. The minimum absolute atomic E-state index is 0.0309. The van der Waals surface area contributed by atoms with Crippen LogP contribution in [-0.2, 0) is 0 Å². The zero-order valence-corrected chi connectivity index (χ0v) is 8.80. The molecular weight excluding hydrogens is 210 g/mol. The lowest BCUT2D eigenvalue weighted by Crippen LogP contribution is -2.00. The third-order valence-electron chi connectivity index (χ3n) is 2.03. The Morgan fingerprint density at radius 3 is 2.88 bits per heavy atom. The fourth-order valence-corrected chi connectivity index (χ4v) is 1.24. The molecule has 1 aromatic heterocycles. The van der Waals surface area contributed by atoms with Gasteiger partial charge in [0.25, 0.3) is 5.88 Å². The molecule has 0 saturated carbocycles. The average Bonchev–Trinajstić information content (AvgIpc) is 2.26. The van der Waals surface area contributed by atoms with Crippen LogP contribution in [0.1, 0.15) is 11.1 Å². The Morgan fingerprint density at radius 1 is 1.69 bits per heavy atom. The Balaban J connectivity index is 3.38. The number of allylic oxidation sites excluding steroid dienone is 1. The minimum Gasteiger partial charge on any atom is -0.476 e. The minimum atomic E-state index is -0.551. The lowest BCUT2D eigenvalue weighted by molar-refractivity contribution is -0.386. The van der Waals surface area contributed by atoms with Gasteiger partial charge in [0, 0.05) is 23.4 Å². The molecular formula is C10H9N3O3. The molecule has 0 aromatic carbocycles. The summed E-state index contributed by atoms with van der Waals surface area (Å²) in [5.41, 5.74) is 0.764. The van der Waals surface area contributed by atoms with E-state index in [2.05, 4.69) is 4.98 Å². The van der Waals surface area contributed by atoms with Gasteiger partial charge in [0.2, 0.25) is 0 Å². The van der Waals surface area contributed by atoms with E-state index in [1.165, 1.54) is 25.5 Å². The Bertz CT molecular complexity index is 489. The summed E-state index contributed by atoms with van der Waals surface area (Å²) < 4.78 is 4.81. The molecule has 1 aromatic rings. The van der Waals surface area contributed by atoms with E-state index >= 15 is 0 Å². The molecule has 0 aliphatic rings. The molecule has 0 radical (unpaired) electrons. The van der Waals surface area contributed by atoms with E-state index in [1.54, 1.807) is 6.92 Å². The molecule has 0 spiro atoms. The molecule has 0 aliphatic heterocycles. The van der Waals surface area contributed by atoms with Gasteiger partial charge in [-0.1, -0.05) is 0 Å². The summed E-state index contributed by atoms with van der Waals surface area (Å²) in [7, 11) is 1.32. The van der Waals surface area contributed by atoms with Gasteiger partial charge in [-0.25, -0.2) is 4.98 Å². The largest absolute Gasteiger partial charge is 0.476 e. The van der Waals surface area contributed by atoms with Crippen molar-refractivity contribution in [1.82, 2.24) is 4.98 Å². The summed E-state index contributed by atoms with van der Waals surface area (Å²) in [5, 5.41) is 19.2. The van der Waals surface area contributed by atoms with Crippen LogP contribution in [0.4, 0.5) is 5.69 Å². The maximum atomic E-state index is 10.8. The zero-order valence-electron chi connectivity index (χ0n) is 8.80. The number of nitro groups is 1. The quantitative estimate of drug-likeness (QED) is 0.439. The molecule has 0 atom stereocenters. The Labute approximate surface area is 91.9 Å². The summed E-state index contributed by atoms with van der Waals surface area (Å²) in [6.45, 7) is 1.58. The number of hydrogen-bond donors (Lipinski definition) is 0. The van der Waals surface area contributed by atoms with E-state index in [0.29, 0.717) is 11.1 Å². The number of nitrogens with zero attached hydrogens (tertiary/aromatic N) is 3. The van der Waals surface area contributed by atoms with Gasteiger partial charge in [0.15, 0.2) is 0 Å². The monoisotopic (exact) mass is 219 g/mol. The smallest absolute Gasteiger partial charge is 0.334 e. The molecule has 0 fully saturated rings.